The van der Waals surface area contributed by atoms with E-state index < -0.39 is 0 Å². The molecule has 2 rings (SSSR count). The summed E-state index contributed by atoms with van der Waals surface area (Å²) in [5.74, 6) is 0.00556. The average Bonchev–Trinajstić information content (AvgIpc) is 2.66. The van der Waals surface area contributed by atoms with Crippen LogP contribution in [-0.4, -0.2) is 10.1 Å². The fourth-order valence-electron chi connectivity index (χ4n) is 1.19. The number of aryl methyl sites for hydroxylation is 1. The van der Waals surface area contributed by atoms with Crippen LogP contribution in [0.25, 0.3) is 15.4 Å². The van der Waals surface area contributed by atoms with Crippen molar-refractivity contribution in [3.63, 3.8) is 0 Å². The van der Waals surface area contributed by atoms with Crippen LogP contribution in [0.4, 0.5) is 5.69 Å². The standard InChI is InChI=1S/C11H7N2OS.Y/c1-7-6-13-11(15-7)8-3-4-10(14)9(5-8)12-2;/h3-5,14H,1H3;/q-1;. The fraction of sp³-hybridized carbons (Fsp3) is 0.0909. The van der Waals surface area contributed by atoms with Crippen molar-refractivity contribution < 1.29 is 37.8 Å². The Bertz CT molecular complexity index is 545. The van der Waals surface area contributed by atoms with Gasteiger partial charge < -0.3 is 10.1 Å². The molecular formula is C11H7N2OSY-. The van der Waals surface area contributed by atoms with E-state index >= 15 is 0 Å². The molecule has 1 heterocycles. The number of hydrogen-bond acceptors (Lipinski definition) is 3. The summed E-state index contributed by atoms with van der Waals surface area (Å²) in [6.07, 6.45) is 2.85. The molecule has 0 fully saturated rings. The molecule has 0 atom stereocenters. The van der Waals surface area contributed by atoms with Crippen LogP contribution in [0.15, 0.2) is 18.2 Å². The molecule has 0 spiro atoms. The Kier molecular flexibility index (Phi) is 4.61. The number of rotatable bonds is 1. The number of hydrogen-bond donors (Lipinski definition) is 1. The van der Waals surface area contributed by atoms with Crippen LogP contribution in [0.1, 0.15) is 4.88 Å². The van der Waals surface area contributed by atoms with Crippen molar-refractivity contribution in [1.82, 2.24) is 4.98 Å². The van der Waals surface area contributed by atoms with E-state index in [1.807, 2.05) is 6.92 Å². The van der Waals surface area contributed by atoms with Gasteiger partial charge in [-0.15, -0.1) is 6.20 Å². The SMILES string of the molecule is [C-]#[N+]c1cc(-c2n[c-]c(C)s2)ccc1O.[Y]. The normalized spacial score (nSPS) is 9.25. The molecule has 3 nitrogen and oxygen atoms in total. The van der Waals surface area contributed by atoms with Crippen molar-refractivity contribution in [2.24, 2.45) is 0 Å². The van der Waals surface area contributed by atoms with Crippen molar-refractivity contribution in [2.45, 2.75) is 6.92 Å². The van der Waals surface area contributed by atoms with E-state index in [0.29, 0.717) is 0 Å². The van der Waals surface area contributed by atoms with Crippen LogP contribution < -0.4 is 0 Å². The molecule has 0 aliphatic rings. The van der Waals surface area contributed by atoms with Crippen LogP contribution in [0.2, 0.25) is 0 Å². The van der Waals surface area contributed by atoms with E-state index in [2.05, 4.69) is 16.0 Å². The van der Waals surface area contributed by atoms with E-state index in [1.165, 1.54) is 17.4 Å². The molecule has 1 aromatic carbocycles. The first-order valence-electron chi connectivity index (χ1n) is 4.26. The number of aromatic nitrogens is 1. The van der Waals surface area contributed by atoms with Crippen molar-refractivity contribution in [1.29, 1.82) is 0 Å². The van der Waals surface area contributed by atoms with Crippen LogP contribution >= 0.6 is 11.3 Å². The number of phenols is 1. The fourth-order valence-corrected chi connectivity index (χ4v) is 1.91. The molecule has 0 saturated carbocycles. The predicted octanol–water partition coefficient (Wildman–Crippen LogP) is 3.17. The first-order chi connectivity index (χ1) is 7.20. The molecule has 5 heteroatoms. The number of benzene rings is 1. The minimum atomic E-state index is 0. The summed E-state index contributed by atoms with van der Waals surface area (Å²) in [6, 6.07) is 4.89. The van der Waals surface area contributed by atoms with Crippen molar-refractivity contribution in [3.8, 4) is 16.3 Å². The quantitative estimate of drug-likeness (QED) is 0.822. The monoisotopic (exact) mass is 304 g/mol. The molecule has 2 aromatic rings. The third-order valence-corrected chi connectivity index (χ3v) is 2.83. The molecule has 0 unspecified atom stereocenters. The summed E-state index contributed by atoms with van der Waals surface area (Å²) in [5.41, 5.74) is 1.09. The van der Waals surface area contributed by atoms with Gasteiger partial charge in [-0.3, -0.25) is 0 Å². The van der Waals surface area contributed by atoms with Gasteiger partial charge in [0.15, 0.2) is 0 Å². The molecule has 0 saturated heterocycles. The van der Waals surface area contributed by atoms with E-state index in [-0.39, 0.29) is 44.1 Å². The average molecular weight is 304 g/mol. The molecule has 0 aliphatic carbocycles. The first-order valence-corrected chi connectivity index (χ1v) is 5.08. The molecule has 16 heavy (non-hydrogen) atoms. The molecule has 0 aliphatic heterocycles. The number of aromatic hydroxyl groups is 1. The zero-order chi connectivity index (χ0) is 10.8. The molecule has 1 N–H and O–H groups in total. The van der Waals surface area contributed by atoms with Gasteiger partial charge in [-0.25, -0.2) is 16.2 Å². The topological polar surface area (TPSA) is 37.5 Å². The van der Waals surface area contributed by atoms with E-state index in [0.717, 1.165) is 15.4 Å². The predicted molar refractivity (Wildman–Crippen MR) is 59.0 cm³/mol. The van der Waals surface area contributed by atoms with Gasteiger partial charge in [-0.1, -0.05) is 22.6 Å². The maximum atomic E-state index is 9.35. The number of thiazole rings is 1. The van der Waals surface area contributed by atoms with Crippen molar-refractivity contribution in [2.75, 3.05) is 0 Å². The third-order valence-electron chi connectivity index (χ3n) is 1.91. The second-order valence-corrected chi connectivity index (χ2v) is 4.21. The van der Waals surface area contributed by atoms with Gasteiger partial charge in [0.2, 0.25) is 5.69 Å². The summed E-state index contributed by atoms with van der Waals surface area (Å²) in [7, 11) is 0. The molecule has 77 valence electrons. The first kappa shape index (κ1) is 13.3. The van der Waals surface area contributed by atoms with Gasteiger partial charge in [-0.2, -0.15) is 0 Å². The molecule has 0 amide bonds. The largest absolute Gasteiger partial charge is 0.519 e. The zero-order valence-corrected chi connectivity index (χ0v) is 12.2. The van der Waals surface area contributed by atoms with Crippen LogP contribution in [0, 0.1) is 19.7 Å². The van der Waals surface area contributed by atoms with Crippen molar-refractivity contribution >= 4 is 17.0 Å². The van der Waals surface area contributed by atoms with Gasteiger partial charge >= 0.3 is 0 Å². The smallest absolute Gasteiger partial charge is 0.227 e. The Balaban J connectivity index is 0.00000128. The zero-order valence-electron chi connectivity index (χ0n) is 8.56. The Morgan fingerprint density at radius 1 is 1.50 bits per heavy atom. The number of phenolic OH excluding ortho intramolecular Hbond substituents is 1. The van der Waals surface area contributed by atoms with E-state index in [4.69, 9.17) is 6.57 Å². The molecular weight excluding hydrogens is 297 g/mol. The number of nitrogens with zero attached hydrogens (tertiary/aromatic N) is 2. The van der Waals surface area contributed by atoms with Gasteiger partial charge in [0.25, 0.3) is 0 Å². The summed E-state index contributed by atoms with van der Waals surface area (Å²) >= 11 is 1.51. The molecule has 1 radical (unpaired) electrons. The second-order valence-electron chi connectivity index (χ2n) is 3.00. The maximum Gasteiger partial charge on any atom is 0.227 e. The molecule has 1 aromatic heterocycles. The van der Waals surface area contributed by atoms with Crippen LogP contribution in [-0.2, 0) is 32.7 Å². The Hall–Kier alpha value is -0.756. The minimum Gasteiger partial charge on any atom is -0.519 e. The summed E-state index contributed by atoms with van der Waals surface area (Å²) in [5, 5.41) is 10.2. The maximum absolute atomic E-state index is 9.35. The molecule has 0 bridgehead atoms. The Morgan fingerprint density at radius 3 is 2.81 bits per heavy atom. The Labute approximate surface area is 123 Å². The van der Waals surface area contributed by atoms with Gasteiger partial charge in [0, 0.05) is 32.7 Å². The second kappa shape index (κ2) is 5.54. The summed E-state index contributed by atoms with van der Waals surface area (Å²) < 4.78 is 0. The summed E-state index contributed by atoms with van der Waals surface area (Å²) in [6.45, 7) is 8.82. The third kappa shape index (κ3) is 2.67. The van der Waals surface area contributed by atoms with Crippen LogP contribution in [0.5, 0.6) is 5.75 Å². The van der Waals surface area contributed by atoms with Gasteiger partial charge in [0.05, 0.1) is 6.57 Å². The van der Waals surface area contributed by atoms with Gasteiger partial charge in [0.1, 0.15) is 5.75 Å². The van der Waals surface area contributed by atoms with Crippen LogP contribution in [0.3, 0.4) is 0 Å². The van der Waals surface area contributed by atoms with Crippen molar-refractivity contribution in [3.05, 3.63) is 40.7 Å². The van der Waals surface area contributed by atoms with E-state index in [1.54, 1.807) is 12.1 Å². The summed E-state index contributed by atoms with van der Waals surface area (Å²) in [4.78, 5) is 8.33. The van der Waals surface area contributed by atoms with Gasteiger partial charge in [-0.05, 0) is 18.0 Å². The Morgan fingerprint density at radius 2 is 2.25 bits per heavy atom. The van der Waals surface area contributed by atoms with E-state index in [9.17, 15) is 5.11 Å². The minimum absolute atomic E-state index is 0.